The van der Waals surface area contributed by atoms with Gasteiger partial charge in [-0.2, -0.15) is 9.61 Å². The molecule has 1 aliphatic rings. The van der Waals surface area contributed by atoms with Crippen LogP contribution in [0, 0.1) is 6.92 Å². The third-order valence-corrected chi connectivity index (χ3v) is 7.10. The van der Waals surface area contributed by atoms with Crippen molar-refractivity contribution < 1.29 is 19.0 Å². The summed E-state index contributed by atoms with van der Waals surface area (Å²) >= 11 is 0. The van der Waals surface area contributed by atoms with Crippen molar-refractivity contribution in [3.63, 3.8) is 0 Å². The second-order valence-corrected chi connectivity index (χ2v) is 11.6. The number of ether oxygens (including phenoxy) is 3. The summed E-state index contributed by atoms with van der Waals surface area (Å²) in [4.78, 5) is 20.5. The molecule has 8 heteroatoms. The average molecular weight is 541 g/mol. The lowest BCUT2D eigenvalue weighted by Gasteiger charge is -2.41. The standard InChI is InChI=1S/C31H48N4O4/c1-9-12-13-14-15-16-24-22-25-32-23(4)26(27(29(36)37-11-3)39-30(5,6)7)28(35(25)33-24)34-19-17-31(8,18-20-34)38-21-10-2/h9-10,22,27H,1-2,11-21H2,3-8H3/t27-/m0/s1. The summed E-state index contributed by atoms with van der Waals surface area (Å²) in [6.45, 7) is 21.7. The van der Waals surface area contributed by atoms with Crippen LogP contribution in [0.25, 0.3) is 5.65 Å². The third-order valence-electron chi connectivity index (χ3n) is 7.10. The van der Waals surface area contributed by atoms with E-state index in [4.69, 9.17) is 24.3 Å². The van der Waals surface area contributed by atoms with Gasteiger partial charge in [-0.1, -0.05) is 18.6 Å². The Labute approximate surface area is 234 Å². The van der Waals surface area contributed by atoms with Crippen LogP contribution in [0.4, 0.5) is 5.82 Å². The molecule has 39 heavy (non-hydrogen) atoms. The summed E-state index contributed by atoms with van der Waals surface area (Å²) in [5.74, 6) is 0.437. The van der Waals surface area contributed by atoms with Gasteiger partial charge in [-0.05, 0) is 80.1 Å². The quantitative estimate of drug-likeness (QED) is 0.158. The number of anilines is 1. The molecule has 0 N–H and O–H groups in total. The van der Waals surface area contributed by atoms with E-state index in [1.807, 2.05) is 45.2 Å². The smallest absolute Gasteiger partial charge is 0.340 e. The molecule has 0 spiro atoms. The van der Waals surface area contributed by atoms with Gasteiger partial charge < -0.3 is 19.1 Å². The fourth-order valence-electron chi connectivity index (χ4n) is 5.06. The van der Waals surface area contributed by atoms with Crippen molar-refractivity contribution in [3.05, 3.63) is 48.3 Å². The van der Waals surface area contributed by atoms with E-state index in [2.05, 4.69) is 31.0 Å². The molecule has 1 fully saturated rings. The van der Waals surface area contributed by atoms with E-state index in [1.54, 1.807) is 6.08 Å². The normalized spacial score (nSPS) is 16.3. The molecule has 8 nitrogen and oxygen atoms in total. The van der Waals surface area contributed by atoms with Gasteiger partial charge in [0.1, 0.15) is 5.82 Å². The van der Waals surface area contributed by atoms with E-state index in [1.165, 1.54) is 0 Å². The second kappa shape index (κ2) is 13.6. The first-order valence-electron chi connectivity index (χ1n) is 14.4. The second-order valence-electron chi connectivity index (χ2n) is 11.6. The van der Waals surface area contributed by atoms with Gasteiger partial charge in [0, 0.05) is 24.8 Å². The highest BCUT2D eigenvalue weighted by Crippen LogP contribution is 2.38. The zero-order valence-electron chi connectivity index (χ0n) is 24.9. The monoisotopic (exact) mass is 540 g/mol. The fraction of sp³-hybridized carbons (Fsp3) is 0.645. The van der Waals surface area contributed by atoms with E-state index >= 15 is 0 Å². The van der Waals surface area contributed by atoms with Crippen LogP contribution < -0.4 is 4.90 Å². The molecule has 2 aromatic heterocycles. The van der Waals surface area contributed by atoms with E-state index < -0.39 is 17.7 Å². The lowest BCUT2D eigenvalue weighted by atomic mass is 9.92. The molecule has 1 atom stereocenters. The summed E-state index contributed by atoms with van der Waals surface area (Å²) in [5, 5.41) is 5.02. The van der Waals surface area contributed by atoms with Crippen molar-refractivity contribution in [2.24, 2.45) is 0 Å². The molecule has 0 amide bonds. The lowest BCUT2D eigenvalue weighted by Crippen LogP contribution is -2.45. The Morgan fingerprint density at radius 2 is 1.90 bits per heavy atom. The number of carbonyl (C=O) groups is 1. The van der Waals surface area contributed by atoms with Gasteiger partial charge in [0.25, 0.3) is 0 Å². The van der Waals surface area contributed by atoms with E-state index in [9.17, 15) is 4.79 Å². The maximum Gasteiger partial charge on any atom is 0.340 e. The molecular formula is C31H48N4O4. The van der Waals surface area contributed by atoms with Crippen molar-refractivity contribution >= 4 is 17.4 Å². The molecule has 0 radical (unpaired) electrons. The Morgan fingerprint density at radius 1 is 1.18 bits per heavy atom. The summed E-state index contributed by atoms with van der Waals surface area (Å²) in [6, 6.07) is 2.07. The lowest BCUT2D eigenvalue weighted by molar-refractivity contribution is -0.166. The number of allylic oxidation sites excluding steroid dienone is 1. The molecule has 0 aromatic carbocycles. The van der Waals surface area contributed by atoms with Crippen molar-refractivity contribution in [2.45, 2.75) is 104 Å². The minimum atomic E-state index is -0.922. The van der Waals surface area contributed by atoms with E-state index in [0.29, 0.717) is 12.2 Å². The maximum atomic E-state index is 13.3. The number of aryl methyl sites for hydroxylation is 2. The molecule has 3 rings (SSSR count). The number of fused-ring (bicyclic) bond motifs is 1. The molecule has 0 unspecified atom stereocenters. The van der Waals surface area contributed by atoms with Crippen LogP contribution in [0.3, 0.4) is 0 Å². The molecule has 1 saturated heterocycles. The topological polar surface area (TPSA) is 78.2 Å². The van der Waals surface area contributed by atoms with Gasteiger partial charge in [0.05, 0.1) is 35.7 Å². The molecule has 0 bridgehead atoms. The average Bonchev–Trinajstić information content (AvgIpc) is 3.28. The van der Waals surface area contributed by atoms with Gasteiger partial charge in [-0.3, -0.25) is 0 Å². The number of piperidine rings is 1. The summed E-state index contributed by atoms with van der Waals surface area (Å²) in [6.07, 6.45) is 9.75. The summed E-state index contributed by atoms with van der Waals surface area (Å²) in [7, 11) is 0. The Balaban J connectivity index is 2.07. The van der Waals surface area contributed by atoms with Crippen LogP contribution in [0.5, 0.6) is 0 Å². The highest BCUT2D eigenvalue weighted by atomic mass is 16.6. The third kappa shape index (κ3) is 8.15. The number of unbranched alkanes of at least 4 members (excludes halogenated alkanes) is 3. The van der Waals surface area contributed by atoms with Crippen molar-refractivity contribution in [3.8, 4) is 0 Å². The van der Waals surface area contributed by atoms with Gasteiger partial charge in [0.2, 0.25) is 0 Å². The molecule has 1 aliphatic heterocycles. The van der Waals surface area contributed by atoms with E-state index in [0.717, 1.165) is 80.9 Å². The fourth-order valence-corrected chi connectivity index (χ4v) is 5.06. The zero-order chi connectivity index (χ0) is 28.6. The number of hydrogen-bond acceptors (Lipinski definition) is 7. The minimum Gasteiger partial charge on any atom is -0.464 e. The number of aromatic nitrogens is 3. The van der Waals surface area contributed by atoms with Crippen LogP contribution in [0.1, 0.15) is 96.2 Å². The van der Waals surface area contributed by atoms with Gasteiger partial charge >= 0.3 is 5.97 Å². The summed E-state index contributed by atoms with van der Waals surface area (Å²) < 4.78 is 19.9. The first-order chi connectivity index (χ1) is 18.5. The van der Waals surface area contributed by atoms with Gasteiger partial charge in [-0.25, -0.2) is 9.78 Å². The largest absolute Gasteiger partial charge is 0.464 e. The maximum absolute atomic E-state index is 13.3. The molecule has 0 aliphatic carbocycles. The van der Waals surface area contributed by atoms with Crippen LogP contribution in [-0.2, 0) is 25.4 Å². The number of esters is 1. The minimum absolute atomic E-state index is 0.227. The number of carbonyl (C=O) groups excluding carboxylic acids is 1. The highest BCUT2D eigenvalue weighted by molar-refractivity contribution is 5.80. The molecule has 0 saturated carbocycles. The predicted octanol–water partition coefficient (Wildman–Crippen LogP) is 6.31. The molecule has 3 heterocycles. The zero-order valence-corrected chi connectivity index (χ0v) is 24.9. The summed E-state index contributed by atoms with van der Waals surface area (Å²) in [5.41, 5.74) is 2.44. The Kier molecular flexibility index (Phi) is 10.7. The molecule has 2 aromatic rings. The molecule has 216 valence electrons. The number of rotatable bonds is 14. The molecular weight excluding hydrogens is 492 g/mol. The van der Waals surface area contributed by atoms with E-state index in [-0.39, 0.29) is 12.2 Å². The van der Waals surface area contributed by atoms with Crippen LogP contribution in [0.15, 0.2) is 31.4 Å². The number of nitrogens with zero attached hydrogens (tertiary/aromatic N) is 4. The predicted molar refractivity (Wildman–Crippen MR) is 156 cm³/mol. The first kappa shape index (κ1) is 30.8. The highest BCUT2D eigenvalue weighted by Gasteiger charge is 2.38. The number of hydrogen-bond donors (Lipinski definition) is 0. The first-order valence-corrected chi connectivity index (χ1v) is 14.4. The van der Waals surface area contributed by atoms with Crippen molar-refractivity contribution in [1.29, 1.82) is 0 Å². The van der Waals surface area contributed by atoms with Gasteiger partial charge in [0.15, 0.2) is 11.8 Å². The Hall–Kier alpha value is -2.71. The van der Waals surface area contributed by atoms with Crippen molar-refractivity contribution in [2.75, 3.05) is 31.2 Å². The SMILES string of the molecule is C=CCCCCCc1cc2nc(C)c([C@H](OC(C)(C)C)C(=O)OCC)c(N3CCC(C)(OCC=C)CC3)n2n1. The Morgan fingerprint density at radius 3 is 2.51 bits per heavy atom. The van der Waals surface area contributed by atoms with Crippen LogP contribution in [-0.4, -0.2) is 58.1 Å². The van der Waals surface area contributed by atoms with Crippen LogP contribution in [0.2, 0.25) is 0 Å². The van der Waals surface area contributed by atoms with Crippen molar-refractivity contribution in [1.82, 2.24) is 14.6 Å². The van der Waals surface area contributed by atoms with Gasteiger partial charge in [-0.15, -0.1) is 13.2 Å². The Bertz CT molecular complexity index is 1130. The van der Waals surface area contributed by atoms with Crippen LogP contribution >= 0.6 is 0 Å².